The maximum absolute atomic E-state index is 14.0. The van der Waals surface area contributed by atoms with Crippen LogP contribution in [-0.2, 0) is 6.61 Å². The minimum absolute atomic E-state index is 0.0695. The first kappa shape index (κ1) is 26.8. The molecule has 1 aromatic heterocycles. The number of carboxylic acids is 1. The van der Waals surface area contributed by atoms with E-state index in [9.17, 15) is 28.6 Å². The number of aliphatic hydroxyl groups is 1. The van der Waals surface area contributed by atoms with Crippen LogP contribution >= 0.6 is 11.5 Å². The van der Waals surface area contributed by atoms with Crippen molar-refractivity contribution in [2.45, 2.75) is 51.7 Å². The molecule has 1 aliphatic heterocycles. The van der Waals surface area contributed by atoms with Crippen LogP contribution in [0.1, 0.15) is 53.6 Å². The van der Waals surface area contributed by atoms with Crippen molar-refractivity contribution in [2.75, 3.05) is 31.5 Å². The summed E-state index contributed by atoms with van der Waals surface area (Å²) in [5, 5.41) is 24.7. The number of likely N-dealkylation sites (tertiary alicyclic amines) is 1. The number of aryl methyl sites for hydroxylation is 1. The van der Waals surface area contributed by atoms with Crippen LogP contribution in [0, 0.1) is 18.6 Å². The Morgan fingerprint density at radius 3 is 2.57 bits per heavy atom. The van der Waals surface area contributed by atoms with E-state index in [-0.39, 0.29) is 16.4 Å². The molecule has 0 bridgehead atoms. The molecular formula is C23H30F2N4O5S. The summed E-state index contributed by atoms with van der Waals surface area (Å²) in [6, 6.07) is 1.65. The lowest BCUT2D eigenvalue weighted by Gasteiger charge is -2.28. The number of carboxylic acid groups (broad SMARTS) is 1. The standard InChI is InChI=1S/C23H30F2N4O5S/c1-14-10-17(24)16(18(25)11-14)13-34-20-19(22(31)32)21(35-28-20)27-23(33)26-7-5-6-15(30)12-29-8-3-2-4-9-29/h10-11,15,30H,2-9,12-13H2,1H3,(H,31,32)(H2,26,27,33). The summed E-state index contributed by atoms with van der Waals surface area (Å²) in [6.07, 6.45) is 4.14. The van der Waals surface area contributed by atoms with Crippen LogP contribution in [0.15, 0.2) is 12.1 Å². The van der Waals surface area contributed by atoms with Gasteiger partial charge in [0.25, 0.3) is 0 Å². The highest BCUT2D eigenvalue weighted by molar-refractivity contribution is 7.11. The number of aliphatic hydroxyl groups excluding tert-OH is 1. The van der Waals surface area contributed by atoms with E-state index < -0.39 is 41.9 Å². The Morgan fingerprint density at radius 2 is 1.91 bits per heavy atom. The van der Waals surface area contributed by atoms with E-state index in [4.69, 9.17) is 4.74 Å². The Morgan fingerprint density at radius 1 is 1.23 bits per heavy atom. The lowest BCUT2D eigenvalue weighted by atomic mass is 10.1. The third-order valence-electron chi connectivity index (χ3n) is 5.66. The number of carbonyl (C=O) groups is 2. The molecule has 2 amide bonds. The number of urea groups is 1. The molecule has 35 heavy (non-hydrogen) atoms. The molecule has 0 aliphatic carbocycles. The highest BCUT2D eigenvalue weighted by atomic mass is 32.1. The first-order valence-electron chi connectivity index (χ1n) is 11.5. The number of hydrogen-bond acceptors (Lipinski definition) is 7. The summed E-state index contributed by atoms with van der Waals surface area (Å²) in [5.74, 6) is -3.38. The molecule has 4 N–H and O–H groups in total. The van der Waals surface area contributed by atoms with Crippen molar-refractivity contribution in [1.29, 1.82) is 0 Å². The van der Waals surface area contributed by atoms with Gasteiger partial charge in [0.1, 0.15) is 23.2 Å². The van der Waals surface area contributed by atoms with Gasteiger partial charge in [-0.2, -0.15) is 4.37 Å². The van der Waals surface area contributed by atoms with Gasteiger partial charge in [0.05, 0.1) is 11.7 Å². The van der Waals surface area contributed by atoms with Gasteiger partial charge in [-0.15, -0.1) is 0 Å². The smallest absolute Gasteiger partial charge is 0.344 e. The molecule has 0 spiro atoms. The number of β-amino-alcohol motifs (C(OH)–C–C–N with tert-alkyl or cyclic N) is 1. The number of ether oxygens (including phenoxy) is 1. The molecule has 12 heteroatoms. The zero-order chi connectivity index (χ0) is 25.4. The number of amides is 2. The van der Waals surface area contributed by atoms with Crippen LogP contribution < -0.4 is 15.4 Å². The van der Waals surface area contributed by atoms with E-state index in [1.54, 1.807) is 6.92 Å². The van der Waals surface area contributed by atoms with E-state index in [0.717, 1.165) is 38.1 Å². The third kappa shape index (κ3) is 7.84. The second kappa shape index (κ2) is 12.8. The maximum Gasteiger partial charge on any atom is 0.344 e. The summed E-state index contributed by atoms with van der Waals surface area (Å²) in [6.45, 7) is 3.89. The Balaban J connectivity index is 1.48. The number of benzene rings is 1. The topological polar surface area (TPSA) is 124 Å². The maximum atomic E-state index is 14.0. The Kier molecular flexibility index (Phi) is 9.75. The van der Waals surface area contributed by atoms with Gasteiger partial charge in [-0.25, -0.2) is 18.4 Å². The zero-order valence-electron chi connectivity index (χ0n) is 19.5. The van der Waals surface area contributed by atoms with Crippen molar-refractivity contribution in [2.24, 2.45) is 0 Å². The Labute approximate surface area is 206 Å². The number of carbonyl (C=O) groups excluding carboxylic acids is 1. The number of nitrogens with one attached hydrogen (secondary N) is 2. The Bertz CT molecular complexity index is 1010. The van der Waals surface area contributed by atoms with E-state index in [0.29, 0.717) is 43.0 Å². The molecule has 1 aromatic carbocycles. The fourth-order valence-electron chi connectivity index (χ4n) is 3.87. The lowest BCUT2D eigenvalue weighted by molar-refractivity contribution is 0.0692. The molecule has 1 aliphatic rings. The molecule has 1 fully saturated rings. The van der Waals surface area contributed by atoms with Gasteiger partial charge >= 0.3 is 12.0 Å². The first-order chi connectivity index (χ1) is 16.7. The van der Waals surface area contributed by atoms with E-state index in [1.807, 2.05) is 0 Å². The molecule has 1 unspecified atom stereocenters. The predicted octanol–water partition coefficient (Wildman–Crippen LogP) is 3.76. The van der Waals surface area contributed by atoms with Crippen LogP contribution in [0.25, 0.3) is 0 Å². The number of nitrogens with zero attached hydrogens (tertiary/aromatic N) is 2. The van der Waals surface area contributed by atoms with Crippen molar-refractivity contribution in [1.82, 2.24) is 14.6 Å². The number of piperidine rings is 1. The second-order valence-corrected chi connectivity index (χ2v) is 9.30. The summed E-state index contributed by atoms with van der Waals surface area (Å²) in [5.41, 5.74) is -0.359. The minimum Gasteiger partial charge on any atom is -0.477 e. The SMILES string of the molecule is Cc1cc(F)c(COc2nsc(NC(=O)NCCCC(O)CN3CCCCC3)c2C(=O)O)c(F)c1. The molecular weight excluding hydrogens is 482 g/mol. The van der Waals surface area contributed by atoms with E-state index in [1.165, 1.54) is 6.42 Å². The molecule has 2 aromatic rings. The van der Waals surface area contributed by atoms with Crippen molar-refractivity contribution in [3.63, 3.8) is 0 Å². The monoisotopic (exact) mass is 512 g/mol. The number of aromatic nitrogens is 1. The van der Waals surface area contributed by atoms with Crippen LogP contribution in [0.4, 0.5) is 18.6 Å². The van der Waals surface area contributed by atoms with Gasteiger partial charge in [0.15, 0.2) is 5.56 Å². The summed E-state index contributed by atoms with van der Waals surface area (Å²) >= 11 is 0.682. The first-order valence-corrected chi connectivity index (χ1v) is 12.3. The average Bonchev–Trinajstić information content (AvgIpc) is 3.19. The Hall–Kier alpha value is -2.83. The van der Waals surface area contributed by atoms with Crippen LogP contribution in [0.2, 0.25) is 0 Å². The fraction of sp³-hybridized carbons (Fsp3) is 0.522. The number of anilines is 1. The predicted molar refractivity (Wildman–Crippen MR) is 127 cm³/mol. The van der Waals surface area contributed by atoms with Crippen molar-refractivity contribution in [3.8, 4) is 5.88 Å². The normalized spacial score (nSPS) is 15.0. The van der Waals surface area contributed by atoms with E-state index >= 15 is 0 Å². The third-order valence-corrected chi connectivity index (χ3v) is 6.40. The number of rotatable bonds is 11. The molecule has 0 radical (unpaired) electrons. The molecule has 0 saturated carbocycles. The molecule has 9 nitrogen and oxygen atoms in total. The highest BCUT2D eigenvalue weighted by Gasteiger charge is 2.24. The van der Waals surface area contributed by atoms with Gasteiger partial charge in [0.2, 0.25) is 5.88 Å². The number of hydrogen-bond donors (Lipinski definition) is 4. The average molecular weight is 513 g/mol. The molecule has 2 heterocycles. The molecule has 192 valence electrons. The van der Waals surface area contributed by atoms with E-state index in [2.05, 4.69) is 19.9 Å². The van der Waals surface area contributed by atoms with Crippen LogP contribution in [-0.4, -0.2) is 63.8 Å². The van der Waals surface area contributed by atoms with Crippen LogP contribution in [0.3, 0.4) is 0 Å². The van der Waals surface area contributed by atoms with Crippen molar-refractivity contribution >= 4 is 28.5 Å². The second-order valence-electron chi connectivity index (χ2n) is 8.53. The summed E-state index contributed by atoms with van der Waals surface area (Å²) < 4.78 is 37.2. The van der Waals surface area contributed by atoms with Gasteiger partial charge < -0.3 is 25.2 Å². The lowest BCUT2D eigenvalue weighted by Crippen LogP contribution is -2.37. The van der Waals surface area contributed by atoms with Crippen LogP contribution in [0.5, 0.6) is 5.88 Å². The molecule has 3 rings (SSSR count). The largest absolute Gasteiger partial charge is 0.477 e. The minimum atomic E-state index is -1.41. The molecule has 1 saturated heterocycles. The number of aromatic carboxylic acids is 1. The van der Waals surface area contributed by atoms with Gasteiger partial charge in [-0.05, 0) is 74.9 Å². The quantitative estimate of drug-likeness (QED) is 0.338. The molecule has 1 atom stereocenters. The summed E-state index contributed by atoms with van der Waals surface area (Å²) in [4.78, 5) is 26.2. The highest BCUT2D eigenvalue weighted by Crippen LogP contribution is 2.31. The van der Waals surface area contributed by atoms with Gasteiger partial charge in [-0.3, -0.25) is 5.32 Å². The summed E-state index contributed by atoms with van der Waals surface area (Å²) in [7, 11) is 0. The van der Waals surface area contributed by atoms with Gasteiger partial charge in [0, 0.05) is 13.1 Å². The fourth-order valence-corrected chi connectivity index (χ4v) is 4.60. The van der Waals surface area contributed by atoms with Gasteiger partial charge in [-0.1, -0.05) is 6.42 Å². The number of halogens is 2. The van der Waals surface area contributed by atoms with Crippen molar-refractivity contribution < 1.29 is 33.3 Å². The zero-order valence-corrected chi connectivity index (χ0v) is 20.3. The van der Waals surface area contributed by atoms with Crippen molar-refractivity contribution in [3.05, 3.63) is 40.5 Å².